The molecule has 0 unspecified atom stereocenters. The van der Waals surface area contributed by atoms with Crippen LogP contribution in [-0.4, -0.2) is 0 Å². The van der Waals surface area contributed by atoms with Gasteiger partial charge in [-0.1, -0.05) is 57.9 Å². The summed E-state index contributed by atoms with van der Waals surface area (Å²) in [5.41, 5.74) is 5.32. The molecule has 0 N–H and O–H groups in total. The number of hydrogen-bond acceptors (Lipinski definition) is 1. The topological polar surface area (TPSA) is 0 Å². The summed E-state index contributed by atoms with van der Waals surface area (Å²) in [6.45, 7) is 25.0. The molecule has 0 aliphatic heterocycles. The van der Waals surface area contributed by atoms with E-state index >= 15 is 0 Å². The quantitative estimate of drug-likeness (QED) is 0.339. The normalized spacial score (nSPS) is 9.45. The summed E-state index contributed by atoms with van der Waals surface area (Å²) < 4.78 is 0. The second kappa shape index (κ2) is 13.0. The highest BCUT2D eigenvalue weighted by atomic mass is 32.1. The Balaban J connectivity index is 0. The van der Waals surface area contributed by atoms with E-state index in [1.807, 2.05) is 32.9 Å². The van der Waals surface area contributed by atoms with E-state index in [4.69, 9.17) is 0 Å². The molecule has 0 atom stereocenters. The number of thiol groups is 1. The molecular weight excluding hydrogens is 284 g/mol. The summed E-state index contributed by atoms with van der Waals surface area (Å²) in [5.74, 6) is 0. The fraction of sp³-hybridized carbons (Fsp3) is 0.238. The van der Waals surface area contributed by atoms with E-state index in [-0.39, 0.29) is 0 Å². The molecular formula is C21H30S. The Morgan fingerprint density at radius 2 is 1.59 bits per heavy atom. The molecule has 0 heterocycles. The van der Waals surface area contributed by atoms with Crippen LogP contribution in [0.1, 0.15) is 38.8 Å². The van der Waals surface area contributed by atoms with Gasteiger partial charge in [-0.15, -0.1) is 19.2 Å². The Hall–Kier alpha value is -1.73. The first kappa shape index (κ1) is 22.5. The van der Waals surface area contributed by atoms with Crippen LogP contribution in [0, 0.1) is 6.92 Å². The van der Waals surface area contributed by atoms with Gasteiger partial charge in [0.05, 0.1) is 0 Å². The summed E-state index contributed by atoms with van der Waals surface area (Å²) in [7, 11) is 0. The van der Waals surface area contributed by atoms with Gasteiger partial charge in [0.2, 0.25) is 0 Å². The maximum Gasteiger partial charge on any atom is 0.00462 e. The molecule has 0 radical (unpaired) electrons. The average molecular weight is 315 g/mol. The predicted octanol–water partition coefficient (Wildman–Crippen LogP) is 7.20. The molecule has 22 heavy (non-hydrogen) atoms. The van der Waals surface area contributed by atoms with Gasteiger partial charge in [0, 0.05) is 4.90 Å². The van der Waals surface area contributed by atoms with Crippen molar-refractivity contribution in [2.24, 2.45) is 0 Å². The lowest BCUT2D eigenvalue weighted by Gasteiger charge is -2.08. The van der Waals surface area contributed by atoms with E-state index in [0.29, 0.717) is 0 Å². The van der Waals surface area contributed by atoms with Crippen molar-refractivity contribution in [2.45, 2.75) is 39.5 Å². The van der Waals surface area contributed by atoms with Crippen molar-refractivity contribution in [3.8, 4) is 0 Å². The Morgan fingerprint density at radius 1 is 1.09 bits per heavy atom. The molecule has 0 spiro atoms. The van der Waals surface area contributed by atoms with Crippen LogP contribution < -0.4 is 0 Å². The molecule has 0 aliphatic carbocycles. The Labute approximate surface area is 143 Å². The van der Waals surface area contributed by atoms with Crippen LogP contribution in [0.5, 0.6) is 0 Å². The number of rotatable bonds is 4. The van der Waals surface area contributed by atoms with Crippen molar-refractivity contribution in [2.75, 3.05) is 0 Å². The van der Waals surface area contributed by atoms with Gasteiger partial charge in [0.1, 0.15) is 0 Å². The molecule has 0 amide bonds. The van der Waals surface area contributed by atoms with Gasteiger partial charge in [-0.3, -0.25) is 0 Å². The Bertz CT molecular complexity index is 545. The molecule has 1 aromatic rings. The number of hydrogen-bond donors (Lipinski definition) is 1. The lowest BCUT2D eigenvalue weighted by Crippen LogP contribution is -1.87. The largest absolute Gasteiger partial charge is 0.143 e. The van der Waals surface area contributed by atoms with Crippen LogP contribution in [0.2, 0.25) is 0 Å². The van der Waals surface area contributed by atoms with Gasteiger partial charge in [-0.25, -0.2) is 0 Å². The maximum atomic E-state index is 4.36. The van der Waals surface area contributed by atoms with E-state index in [2.05, 4.69) is 64.9 Å². The van der Waals surface area contributed by atoms with Crippen LogP contribution in [0.4, 0.5) is 0 Å². The standard InChI is InChI=1S/C16H18S.C3H6.C2H6/c1-6-11(2)13(4)9-14(5)16-10-15(17)8-7-12(16)3;1-3-2;1-2/h6-10,17H,1-2,4H2,3,5H3;3H,1H2,2H3;1-2H3/b14-9-;;. The number of allylic oxidation sites excluding steroid dienone is 6. The lowest BCUT2D eigenvalue weighted by atomic mass is 9.98. The summed E-state index contributed by atoms with van der Waals surface area (Å²) in [6, 6.07) is 6.13. The van der Waals surface area contributed by atoms with E-state index in [0.717, 1.165) is 21.6 Å². The molecule has 1 heteroatoms. The Kier molecular flexibility index (Phi) is 13.3. The predicted molar refractivity (Wildman–Crippen MR) is 108 cm³/mol. The highest BCUT2D eigenvalue weighted by Gasteiger charge is 2.02. The molecule has 0 fully saturated rings. The first-order chi connectivity index (χ1) is 10.4. The van der Waals surface area contributed by atoms with Crippen molar-refractivity contribution in [1.82, 2.24) is 0 Å². The zero-order valence-corrected chi connectivity index (χ0v) is 15.6. The van der Waals surface area contributed by atoms with Gasteiger partial charge >= 0.3 is 0 Å². The van der Waals surface area contributed by atoms with Crippen molar-refractivity contribution < 1.29 is 0 Å². The third-order valence-electron chi connectivity index (χ3n) is 2.70. The van der Waals surface area contributed by atoms with Gasteiger partial charge < -0.3 is 0 Å². The first-order valence-corrected chi connectivity index (χ1v) is 7.88. The minimum atomic E-state index is 0.851. The highest BCUT2D eigenvalue weighted by molar-refractivity contribution is 7.80. The molecule has 0 aromatic heterocycles. The van der Waals surface area contributed by atoms with Crippen LogP contribution >= 0.6 is 12.6 Å². The van der Waals surface area contributed by atoms with Crippen molar-refractivity contribution in [3.63, 3.8) is 0 Å². The Morgan fingerprint density at radius 3 is 2.05 bits per heavy atom. The molecule has 1 rings (SSSR count). The summed E-state index contributed by atoms with van der Waals surface area (Å²) in [4.78, 5) is 0.964. The smallest absolute Gasteiger partial charge is 0.00462 e. The fourth-order valence-electron chi connectivity index (χ4n) is 1.60. The van der Waals surface area contributed by atoms with E-state index < -0.39 is 0 Å². The van der Waals surface area contributed by atoms with Crippen LogP contribution in [-0.2, 0) is 0 Å². The van der Waals surface area contributed by atoms with E-state index in [9.17, 15) is 0 Å². The molecule has 120 valence electrons. The second-order valence-corrected chi connectivity index (χ2v) is 5.01. The molecule has 1 aromatic carbocycles. The monoisotopic (exact) mass is 314 g/mol. The minimum absolute atomic E-state index is 0.851. The van der Waals surface area contributed by atoms with E-state index in [1.54, 1.807) is 12.2 Å². The molecule has 0 saturated heterocycles. The lowest BCUT2D eigenvalue weighted by molar-refractivity contribution is 1.33. The zero-order valence-electron chi connectivity index (χ0n) is 14.7. The van der Waals surface area contributed by atoms with Gasteiger partial charge in [-0.2, -0.15) is 0 Å². The summed E-state index contributed by atoms with van der Waals surface area (Å²) in [6.07, 6.45) is 5.49. The average Bonchev–Trinajstić information content (AvgIpc) is 2.51. The summed E-state index contributed by atoms with van der Waals surface area (Å²) in [5, 5.41) is 0. The third-order valence-corrected chi connectivity index (χ3v) is 2.97. The molecule has 0 aliphatic rings. The van der Waals surface area contributed by atoms with Crippen LogP contribution in [0.15, 0.2) is 78.8 Å². The first-order valence-electron chi connectivity index (χ1n) is 7.43. The minimum Gasteiger partial charge on any atom is -0.143 e. The molecule has 0 saturated carbocycles. The number of benzene rings is 1. The third kappa shape index (κ3) is 8.53. The highest BCUT2D eigenvalue weighted by Crippen LogP contribution is 2.24. The van der Waals surface area contributed by atoms with Gasteiger partial charge in [-0.05, 0) is 60.8 Å². The maximum absolute atomic E-state index is 4.36. The SMILES string of the molecule is C=CC.C=CC(=C)C(=C)/C=C(/C)c1cc(S)ccc1C.CC. The van der Waals surface area contributed by atoms with Crippen LogP contribution in [0.3, 0.4) is 0 Å². The molecule has 0 bridgehead atoms. The van der Waals surface area contributed by atoms with Crippen molar-refractivity contribution in [3.05, 3.63) is 85.0 Å². The van der Waals surface area contributed by atoms with Crippen molar-refractivity contribution in [1.29, 1.82) is 0 Å². The van der Waals surface area contributed by atoms with Gasteiger partial charge in [0.25, 0.3) is 0 Å². The zero-order chi connectivity index (χ0) is 17.7. The fourth-order valence-corrected chi connectivity index (χ4v) is 1.80. The number of aryl methyl sites for hydroxylation is 1. The summed E-state index contributed by atoms with van der Waals surface area (Å²) >= 11 is 4.36. The van der Waals surface area contributed by atoms with E-state index in [1.165, 1.54) is 11.1 Å². The second-order valence-electron chi connectivity index (χ2n) is 4.49. The van der Waals surface area contributed by atoms with Crippen molar-refractivity contribution >= 4 is 18.2 Å². The van der Waals surface area contributed by atoms with Gasteiger partial charge in [0.15, 0.2) is 0 Å². The van der Waals surface area contributed by atoms with Crippen LogP contribution in [0.25, 0.3) is 5.57 Å². The molecule has 0 nitrogen and oxygen atoms in total.